The van der Waals surface area contributed by atoms with Crippen LogP contribution in [0.3, 0.4) is 0 Å². The molecule has 0 bridgehead atoms. The maximum Gasteiger partial charge on any atom is 0.332 e. The van der Waals surface area contributed by atoms with E-state index in [0.717, 1.165) is 22.3 Å². The van der Waals surface area contributed by atoms with Crippen molar-refractivity contribution in [1.29, 1.82) is 0 Å². The highest BCUT2D eigenvalue weighted by atomic mass is 16.5. The van der Waals surface area contributed by atoms with Gasteiger partial charge < -0.3 is 20.7 Å². The minimum atomic E-state index is -1.62. The molecule has 34 heavy (non-hydrogen) atoms. The number of nitrogens with one attached hydrogen (secondary N) is 1. The maximum absolute atomic E-state index is 12.9. The summed E-state index contributed by atoms with van der Waals surface area (Å²) in [5.74, 6) is -1.83. The van der Waals surface area contributed by atoms with E-state index >= 15 is 0 Å². The van der Waals surface area contributed by atoms with Gasteiger partial charge in [-0.15, -0.1) is 5.10 Å². The Hall–Kier alpha value is -4.24. The highest BCUT2D eigenvalue weighted by molar-refractivity contribution is 5.97. The van der Waals surface area contributed by atoms with Crippen molar-refractivity contribution in [3.05, 3.63) is 83.4 Å². The van der Waals surface area contributed by atoms with Gasteiger partial charge in [0.25, 0.3) is 5.91 Å². The van der Waals surface area contributed by atoms with E-state index in [2.05, 4.69) is 21.7 Å². The highest BCUT2D eigenvalue weighted by Gasteiger charge is 2.23. The molecule has 0 radical (unpaired) electrons. The lowest BCUT2D eigenvalue weighted by atomic mass is 9.97. The van der Waals surface area contributed by atoms with E-state index in [1.165, 1.54) is 12.1 Å². The molecule has 0 unspecified atom stereocenters. The van der Waals surface area contributed by atoms with Gasteiger partial charge >= 0.3 is 5.97 Å². The number of fused-ring (bicyclic) bond motifs is 1. The largest absolute Gasteiger partial charge is 0.479 e. The number of rotatable bonds is 8. The van der Waals surface area contributed by atoms with Gasteiger partial charge in [0.05, 0.1) is 0 Å². The number of aliphatic carboxylic acids is 1. The van der Waals surface area contributed by atoms with Crippen LogP contribution >= 0.6 is 0 Å². The fourth-order valence-electron chi connectivity index (χ4n) is 3.82. The molecule has 0 saturated heterocycles. The number of nitrogens with zero attached hydrogens (tertiary/aromatic N) is 3. The fraction of sp³-hybridized carbons (Fsp3) is 0.200. The van der Waals surface area contributed by atoms with Gasteiger partial charge in [0.1, 0.15) is 11.0 Å². The first-order valence-electron chi connectivity index (χ1n) is 10.7. The van der Waals surface area contributed by atoms with Gasteiger partial charge in [-0.05, 0) is 53.4 Å². The third kappa shape index (κ3) is 5.21. The number of carboxylic acids is 1. The molecule has 0 fully saturated rings. The van der Waals surface area contributed by atoms with E-state index in [1.807, 2.05) is 49.4 Å². The van der Waals surface area contributed by atoms with E-state index in [4.69, 9.17) is 5.11 Å². The number of aliphatic hydroxyl groups is 1. The molecular formula is C25H24N4O5. The van der Waals surface area contributed by atoms with Crippen molar-refractivity contribution in [3.8, 4) is 11.1 Å². The van der Waals surface area contributed by atoms with Gasteiger partial charge in [0, 0.05) is 18.0 Å². The van der Waals surface area contributed by atoms with Crippen molar-refractivity contribution in [3.63, 3.8) is 0 Å². The zero-order valence-corrected chi connectivity index (χ0v) is 18.4. The molecule has 0 aliphatic heterocycles. The third-order valence-corrected chi connectivity index (χ3v) is 5.61. The normalized spacial score (nSPS) is 12.9. The number of carbonyl (C=O) groups is 2. The van der Waals surface area contributed by atoms with Gasteiger partial charge in [-0.25, -0.2) is 4.79 Å². The molecule has 9 heteroatoms. The predicted octanol–water partition coefficient (Wildman–Crippen LogP) is 2.82. The molecular weight excluding hydrogens is 436 g/mol. The van der Waals surface area contributed by atoms with Crippen LogP contribution in [0.25, 0.3) is 22.2 Å². The average Bonchev–Trinajstić information content (AvgIpc) is 3.19. The molecule has 2 atom stereocenters. The lowest BCUT2D eigenvalue weighted by Crippen LogP contribution is -2.40. The van der Waals surface area contributed by atoms with Crippen molar-refractivity contribution < 1.29 is 25.0 Å². The van der Waals surface area contributed by atoms with E-state index in [9.17, 15) is 19.9 Å². The summed E-state index contributed by atoms with van der Waals surface area (Å²) in [6.45, 7) is 2.03. The van der Waals surface area contributed by atoms with E-state index in [1.54, 1.807) is 6.07 Å². The minimum Gasteiger partial charge on any atom is -0.479 e. The standard InChI is InChI=1S/C25H24N4O5/c1-15-3-2-4-18(11-15)17-7-5-16(6-8-17)12-20(14-23(30)25(32)33)26-24(31)19-9-10-21-22(13-19)29(34)28-27-21/h2-11,13,20,23,30,34H,12,14H2,1H3,(H,26,31)(H,32,33)/t20-,23-/m1/s1. The Morgan fingerprint density at radius 3 is 2.50 bits per heavy atom. The van der Waals surface area contributed by atoms with Crippen molar-refractivity contribution in [2.45, 2.75) is 31.9 Å². The molecule has 9 nitrogen and oxygen atoms in total. The average molecular weight is 460 g/mol. The van der Waals surface area contributed by atoms with Crippen LogP contribution < -0.4 is 5.32 Å². The molecule has 4 rings (SSSR count). The van der Waals surface area contributed by atoms with Gasteiger partial charge in [0.15, 0.2) is 6.10 Å². The van der Waals surface area contributed by atoms with Crippen molar-refractivity contribution in [2.24, 2.45) is 0 Å². The number of aliphatic hydroxyl groups excluding tert-OH is 1. The number of hydrogen-bond acceptors (Lipinski definition) is 6. The summed E-state index contributed by atoms with van der Waals surface area (Å²) < 4.78 is 0. The quantitative estimate of drug-likeness (QED) is 0.297. The zero-order valence-electron chi connectivity index (χ0n) is 18.4. The van der Waals surface area contributed by atoms with Crippen molar-refractivity contribution in [2.75, 3.05) is 0 Å². The lowest BCUT2D eigenvalue weighted by molar-refractivity contribution is -0.147. The number of benzene rings is 3. The fourth-order valence-corrected chi connectivity index (χ4v) is 3.82. The highest BCUT2D eigenvalue weighted by Crippen LogP contribution is 2.22. The molecule has 0 aliphatic carbocycles. The van der Waals surface area contributed by atoms with Crippen molar-refractivity contribution >= 4 is 22.9 Å². The molecule has 0 spiro atoms. The second-order valence-electron chi connectivity index (χ2n) is 8.21. The molecule has 0 aliphatic rings. The summed E-state index contributed by atoms with van der Waals surface area (Å²) in [7, 11) is 0. The van der Waals surface area contributed by atoms with Gasteiger partial charge in [-0.2, -0.15) is 0 Å². The van der Waals surface area contributed by atoms with Crippen LogP contribution in [0.4, 0.5) is 0 Å². The lowest BCUT2D eigenvalue weighted by Gasteiger charge is -2.21. The van der Waals surface area contributed by atoms with Gasteiger partial charge in [0.2, 0.25) is 0 Å². The molecule has 4 N–H and O–H groups in total. The second kappa shape index (κ2) is 9.72. The maximum atomic E-state index is 12.9. The number of aryl methyl sites for hydroxylation is 1. The summed E-state index contributed by atoms with van der Waals surface area (Å²) in [5.41, 5.74) is 5.10. The van der Waals surface area contributed by atoms with E-state index in [-0.39, 0.29) is 17.5 Å². The first-order chi connectivity index (χ1) is 16.3. The number of hydrogen-bond donors (Lipinski definition) is 4. The van der Waals surface area contributed by atoms with E-state index in [0.29, 0.717) is 16.8 Å². The predicted molar refractivity (Wildman–Crippen MR) is 125 cm³/mol. The zero-order chi connectivity index (χ0) is 24.2. The van der Waals surface area contributed by atoms with Crippen LogP contribution in [0.1, 0.15) is 27.9 Å². The third-order valence-electron chi connectivity index (χ3n) is 5.61. The van der Waals surface area contributed by atoms with Crippen LogP contribution in [-0.4, -0.2) is 54.6 Å². The second-order valence-corrected chi connectivity index (χ2v) is 8.21. The summed E-state index contributed by atoms with van der Waals surface area (Å²) >= 11 is 0. The van der Waals surface area contributed by atoms with Crippen LogP contribution in [0.2, 0.25) is 0 Å². The summed E-state index contributed by atoms with van der Waals surface area (Å²) in [6, 6.07) is 19.8. The number of amides is 1. The Kier molecular flexibility index (Phi) is 6.55. The Labute approximate surface area is 195 Å². The molecule has 1 aromatic heterocycles. The Morgan fingerprint density at radius 1 is 1.03 bits per heavy atom. The van der Waals surface area contributed by atoms with Crippen LogP contribution in [-0.2, 0) is 11.2 Å². The van der Waals surface area contributed by atoms with Crippen LogP contribution in [0.5, 0.6) is 0 Å². The molecule has 1 amide bonds. The molecule has 3 aromatic carbocycles. The molecule has 4 aromatic rings. The molecule has 0 saturated carbocycles. The number of carbonyl (C=O) groups excluding carboxylic acids is 1. The van der Waals surface area contributed by atoms with Crippen molar-refractivity contribution in [1.82, 2.24) is 20.5 Å². The van der Waals surface area contributed by atoms with Gasteiger partial charge in [-0.1, -0.05) is 58.9 Å². The topological polar surface area (TPSA) is 138 Å². The number of carboxylic acid groups (broad SMARTS) is 1. The number of aromatic nitrogens is 3. The summed E-state index contributed by atoms with van der Waals surface area (Å²) in [6.07, 6.45) is -1.46. The Morgan fingerprint density at radius 2 is 1.79 bits per heavy atom. The first kappa shape index (κ1) is 22.9. The summed E-state index contributed by atoms with van der Waals surface area (Å²) in [4.78, 5) is 24.7. The van der Waals surface area contributed by atoms with E-state index < -0.39 is 24.0 Å². The van der Waals surface area contributed by atoms with Crippen LogP contribution in [0.15, 0.2) is 66.7 Å². The molecule has 174 valence electrons. The summed E-state index contributed by atoms with van der Waals surface area (Å²) in [5, 5.41) is 38.8. The monoisotopic (exact) mass is 460 g/mol. The van der Waals surface area contributed by atoms with Gasteiger partial charge in [-0.3, -0.25) is 4.79 Å². The molecule has 1 heterocycles. The van der Waals surface area contributed by atoms with Crippen LogP contribution in [0, 0.1) is 6.92 Å². The smallest absolute Gasteiger partial charge is 0.332 e. The SMILES string of the molecule is Cc1cccc(-c2ccc(C[C@H](C[C@@H](O)C(=O)O)NC(=O)c3ccc4nnn(O)c4c3)cc2)c1. The minimum absolute atomic E-state index is 0.164. The Bertz CT molecular complexity index is 1330. The first-order valence-corrected chi connectivity index (χ1v) is 10.7. The Balaban J connectivity index is 1.52.